The Bertz CT molecular complexity index is 915. The Labute approximate surface area is 159 Å². The molecule has 1 saturated heterocycles. The van der Waals surface area contributed by atoms with Crippen LogP contribution in [-0.2, 0) is 10.0 Å². The van der Waals surface area contributed by atoms with Gasteiger partial charge in [0.25, 0.3) is 15.9 Å². The van der Waals surface area contributed by atoms with Crippen molar-refractivity contribution in [3.8, 4) is 0 Å². The monoisotopic (exact) mass is 392 g/mol. The number of rotatable bonds is 4. The lowest BCUT2D eigenvalue weighted by atomic mass is 9.99. The van der Waals surface area contributed by atoms with E-state index in [-0.39, 0.29) is 10.8 Å². The molecular weight excluding hydrogens is 372 g/mol. The number of sulfonamides is 1. The summed E-state index contributed by atoms with van der Waals surface area (Å²) in [5, 5.41) is 0.311. The summed E-state index contributed by atoms with van der Waals surface area (Å²) >= 11 is 6.03. The summed E-state index contributed by atoms with van der Waals surface area (Å²) in [6.07, 6.45) is 2.08. The summed E-state index contributed by atoms with van der Waals surface area (Å²) in [7, 11) is -3.84. The molecule has 138 valence electrons. The first kappa shape index (κ1) is 18.7. The Morgan fingerprint density at radius 2 is 1.96 bits per heavy atom. The second-order valence-electron chi connectivity index (χ2n) is 6.61. The molecule has 26 heavy (non-hydrogen) atoms. The second-order valence-corrected chi connectivity index (χ2v) is 8.70. The molecule has 1 amide bonds. The molecule has 0 aromatic heterocycles. The van der Waals surface area contributed by atoms with E-state index in [0.29, 0.717) is 35.3 Å². The van der Waals surface area contributed by atoms with E-state index in [4.69, 9.17) is 11.6 Å². The quantitative estimate of drug-likeness (QED) is 0.854. The van der Waals surface area contributed by atoms with Crippen molar-refractivity contribution >= 4 is 33.2 Å². The van der Waals surface area contributed by atoms with Gasteiger partial charge in [0, 0.05) is 18.7 Å². The lowest BCUT2D eigenvalue weighted by molar-refractivity contribution is 0.0683. The van der Waals surface area contributed by atoms with Crippen LogP contribution in [0, 0.1) is 5.92 Å². The number of amides is 1. The molecule has 1 N–H and O–H groups in total. The molecule has 1 aliphatic heterocycles. The number of anilines is 1. The molecule has 1 unspecified atom stereocenters. The fourth-order valence-corrected chi connectivity index (χ4v) is 4.46. The van der Waals surface area contributed by atoms with Gasteiger partial charge in [0.2, 0.25) is 0 Å². The van der Waals surface area contributed by atoms with Crippen LogP contribution in [0.3, 0.4) is 0 Å². The summed E-state index contributed by atoms with van der Waals surface area (Å²) < 4.78 is 27.8. The van der Waals surface area contributed by atoms with E-state index in [1.54, 1.807) is 41.3 Å². The van der Waals surface area contributed by atoms with Crippen LogP contribution in [0.4, 0.5) is 5.69 Å². The highest BCUT2D eigenvalue weighted by Crippen LogP contribution is 2.25. The fourth-order valence-electron chi connectivity index (χ4n) is 3.10. The summed E-state index contributed by atoms with van der Waals surface area (Å²) in [6.45, 7) is 3.53. The molecule has 1 aliphatic rings. The summed E-state index contributed by atoms with van der Waals surface area (Å²) in [5.41, 5.74) is 0.678. The van der Waals surface area contributed by atoms with Crippen molar-refractivity contribution in [3.63, 3.8) is 0 Å². The molecule has 1 atom stereocenters. The number of hydrogen-bond acceptors (Lipinski definition) is 3. The number of nitrogens with zero attached hydrogens (tertiary/aromatic N) is 1. The van der Waals surface area contributed by atoms with Crippen molar-refractivity contribution in [2.75, 3.05) is 17.8 Å². The topological polar surface area (TPSA) is 66.5 Å². The van der Waals surface area contributed by atoms with Gasteiger partial charge in [-0.2, -0.15) is 0 Å². The van der Waals surface area contributed by atoms with Crippen molar-refractivity contribution in [1.29, 1.82) is 0 Å². The van der Waals surface area contributed by atoms with Crippen LogP contribution in [0.15, 0.2) is 53.4 Å². The average molecular weight is 393 g/mol. The number of likely N-dealkylation sites (tertiary alicyclic amines) is 1. The van der Waals surface area contributed by atoms with Gasteiger partial charge in [0.05, 0.1) is 15.6 Å². The first-order valence-corrected chi connectivity index (χ1v) is 10.4. The summed E-state index contributed by atoms with van der Waals surface area (Å²) in [6, 6.07) is 12.7. The third-order valence-electron chi connectivity index (χ3n) is 4.45. The minimum Gasteiger partial charge on any atom is -0.338 e. The van der Waals surface area contributed by atoms with Crippen molar-refractivity contribution in [3.05, 3.63) is 59.1 Å². The van der Waals surface area contributed by atoms with Crippen molar-refractivity contribution in [2.24, 2.45) is 5.92 Å². The molecule has 0 spiro atoms. The number of benzene rings is 2. The summed E-state index contributed by atoms with van der Waals surface area (Å²) in [4.78, 5) is 14.6. The van der Waals surface area contributed by atoms with Crippen LogP contribution in [0.25, 0.3) is 0 Å². The minimum absolute atomic E-state index is 0.0355. The molecule has 0 saturated carbocycles. The Kier molecular flexibility index (Phi) is 5.53. The largest absolute Gasteiger partial charge is 0.338 e. The normalized spacial score (nSPS) is 17.8. The zero-order valence-electron chi connectivity index (χ0n) is 14.5. The predicted octanol–water partition coefficient (Wildman–Crippen LogP) is 4.01. The maximum Gasteiger partial charge on any atom is 0.261 e. The van der Waals surface area contributed by atoms with Gasteiger partial charge in [-0.25, -0.2) is 8.42 Å². The Morgan fingerprint density at radius 1 is 1.19 bits per heavy atom. The van der Waals surface area contributed by atoms with E-state index in [1.807, 2.05) is 0 Å². The van der Waals surface area contributed by atoms with Gasteiger partial charge in [-0.3, -0.25) is 9.52 Å². The first-order valence-electron chi connectivity index (χ1n) is 8.53. The summed E-state index contributed by atoms with van der Waals surface area (Å²) in [5.74, 6) is 0.327. The molecular formula is C19H21ClN2O3S. The van der Waals surface area contributed by atoms with Gasteiger partial charge < -0.3 is 4.90 Å². The fraction of sp³-hybridized carbons (Fsp3) is 0.316. The molecule has 3 rings (SSSR count). The first-order chi connectivity index (χ1) is 12.4. The molecule has 0 bridgehead atoms. The lowest BCUT2D eigenvalue weighted by Crippen LogP contribution is -2.39. The van der Waals surface area contributed by atoms with Gasteiger partial charge in [0.15, 0.2) is 0 Å². The molecule has 1 fully saturated rings. The van der Waals surface area contributed by atoms with Crippen molar-refractivity contribution in [2.45, 2.75) is 24.7 Å². The standard InChI is InChI=1S/C19H21ClN2O3S/c1-14-6-5-11-22(13-14)19(23)15-7-4-8-16(12-15)26(24,25)21-18-10-3-2-9-17(18)20/h2-4,7-10,12,14,21H,5-6,11,13H2,1H3. The molecule has 2 aromatic rings. The third-order valence-corrected chi connectivity index (χ3v) is 6.15. The maximum absolute atomic E-state index is 12.7. The Morgan fingerprint density at radius 3 is 2.69 bits per heavy atom. The van der Waals surface area contributed by atoms with Crippen LogP contribution >= 0.6 is 11.6 Å². The third kappa shape index (κ3) is 4.19. The van der Waals surface area contributed by atoms with Crippen LogP contribution < -0.4 is 4.72 Å². The van der Waals surface area contributed by atoms with E-state index >= 15 is 0 Å². The maximum atomic E-state index is 12.7. The van der Waals surface area contributed by atoms with E-state index < -0.39 is 10.0 Å². The number of para-hydroxylation sites is 1. The number of hydrogen-bond donors (Lipinski definition) is 1. The van der Waals surface area contributed by atoms with E-state index in [0.717, 1.165) is 12.8 Å². The zero-order chi connectivity index (χ0) is 18.7. The Balaban J connectivity index is 1.84. The number of halogens is 1. The number of carbonyl (C=O) groups excluding carboxylic acids is 1. The highest BCUT2D eigenvalue weighted by atomic mass is 35.5. The van der Waals surface area contributed by atoms with Gasteiger partial charge in [0.1, 0.15) is 0 Å². The molecule has 7 heteroatoms. The average Bonchev–Trinajstić information content (AvgIpc) is 2.63. The van der Waals surface area contributed by atoms with Crippen molar-refractivity contribution < 1.29 is 13.2 Å². The molecule has 5 nitrogen and oxygen atoms in total. The van der Waals surface area contributed by atoms with Crippen LogP contribution in [0.1, 0.15) is 30.1 Å². The highest BCUT2D eigenvalue weighted by molar-refractivity contribution is 7.92. The van der Waals surface area contributed by atoms with Gasteiger partial charge in [-0.1, -0.05) is 36.7 Å². The molecule has 0 radical (unpaired) electrons. The SMILES string of the molecule is CC1CCCN(C(=O)c2cccc(S(=O)(=O)Nc3ccccc3Cl)c2)C1. The van der Waals surface area contributed by atoms with E-state index in [2.05, 4.69) is 11.6 Å². The Hall–Kier alpha value is -2.05. The second kappa shape index (κ2) is 7.68. The van der Waals surface area contributed by atoms with Crippen LogP contribution in [0.2, 0.25) is 5.02 Å². The zero-order valence-corrected chi connectivity index (χ0v) is 16.1. The molecule has 2 aromatic carbocycles. The van der Waals surface area contributed by atoms with Gasteiger partial charge in [-0.15, -0.1) is 0 Å². The van der Waals surface area contributed by atoms with Gasteiger partial charge >= 0.3 is 0 Å². The number of carbonyl (C=O) groups is 1. The van der Waals surface area contributed by atoms with Crippen LogP contribution in [0.5, 0.6) is 0 Å². The minimum atomic E-state index is -3.84. The predicted molar refractivity (Wildman–Crippen MR) is 103 cm³/mol. The molecule has 0 aliphatic carbocycles. The smallest absolute Gasteiger partial charge is 0.261 e. The number of nitrogens with one attached hydrogen (secondary N) is 1. The van der Waals surface area contributed by atoms with E-state index in [1.165, 1.54) is 12.1 Å². The van der Waals surface area contributed by atoms with Crippen molar-refractivity contribution in [1.82, 2.24) is 4.90 Å². The molecule has 1 heterocycles. The van der Waals surface area contributed by atoms with Crippen LogP contribution in [-0.4, -0.2) is 32.3 Å². The lowest BCUT2D eigenvalue weighted by Gasteiger charge is -2.31. The van der Waals surface area contributed by atoms with E-state index in [9.17, 15) is 13.2 Å². The van der Waals surface area contributed by atoms with Gasteiger partial charge in [-0.05, 0) is 49.1 Å². The highest BCUT2D eigenvalue weighted by Gasteiger charge is 2.23. The number of piperidine rings is 1.